The van der Waals surface area contributed by atoms with Crippen molar-refractivity contribution in [2.45, 2.75) is 18.5 Å². The normalized spacial score (nSPS) is 21.2. The quantitative estimate of drug-likeness (QED) is 0.766. The molecule has 2 heterocycles. The molecule has 1 fully saturated rings. The zero-order valence-corrected chi connectivity index (χ0v) is 15.6. The van der Waals surface area contributed by atoms with E-state index in [0.717, 1.165) is 10.5 Å². The molecule has 0 aliphatic carbocycles. The van der Waals surface area contributed by atoms with Gasteiger partial charge in [-0.1, -0.05) is 22.0 Å². The zero-order chi connectivity index (χ0) is 19.1. The van der Waals surface area contributed by atoms with E-state index in [9.17, 15) is 18.8 Å². The van der Waals surface area contributed by atoms with E-state index in [2.05, 4.69) is 26.6 Å². The van der Waals surface area contributed by atoms with E-state index in [1.807, 2.05) is 0 Å². The van der Waals surface area contributed by atoms with Crippen LogP contribution in [0.4, 0.5) is 10.1 Å². The highest BCUT2D eigenvalue weighted by Crippen LogP contribution is 2.31. The number of carbonyl (C=O) groups is 3. The van der Waals surface area contributed by atoms with Crippen molar-refractivity contribution in [2.75, 3.05) is 11.9 Å². The molecule has 4 rings (SSSR count). The van der Waals surface area contributed by atoms with Gasteiger partial charge in [-0.2, -0.15) is 0 Å². The molecule has 1 saturated heterocycles. The lowest BCUT2D eigenvalue weighted by Crippen LogP contribution is -2.51. The van der Waals surface area contributed by atoms with E-state index in [1.165, 1.54) is 23.1 Å². The Morgan fingerprint density at radius 3 is 2.81 bits per heavy atom. The molecule has 2 N–H and O–H groups in total. The number of nitrogens with one attached hydrogen (secondary N) is 2. The van der Waals surface area contributed by atoms with Crippen LogP contribution in [-0.4, -0.2) is 41.2 Å². The zero-order valence-electron chi connectivity index (χ0n) is 14.0. The maximum absolute atomic E-state index is 13.4. The first-order valence-electron chi connectivity index (χ1n) is 8.42. The van der Waals surface area contributed by atoms with Gasteiger partial charge in [-0.3, -0.25) is 14.4 Å². The van der Waals surface area contributed by atoms with Crippen LogP contribution in [0, 0.1) is 5.82 Å². The fraction of sp³-hybridized carbons (Fsp3) is 0.211. The van der Waals surface area contributed by atoms with Gasteiger partial charge in [-0.15, -0.1) is 0 Å². The van der Waals surface area contributed by atoms with E-state index < -0.39 is 23.8 Å². The van der Waals surface area contributed by atoms with Crippen molar-refractivity contribution in [3.8, 4) is 0 Å². The number of halogens is 2. The molecule has 2 atom stereocenters. The van der Waals surface area contributed by atoms with E-state index in [4.69, 9.17) is 0 Å². The molecule has 0 bridgehead atoms. The highest BCUT2D eigenvalue weighted by atomic mass is 79.9. The van der Waals surface area contributed by atoms with Gasteiger partial charge in [-0.05, 0) is 42.8 Å². The Labute approximate surface area is 162 Å². The van der Waals surface area contributed by atoms with Crippen LogP contribution < -0.4 is 10.6 Å². The van der Waals surface area contributed by atoms with Crippen LogP contribution in [0.15, 0.2) is 46.9 Å². The summed E-state index contributed by atoms with van der Waals surface area (Å²) in [5, 5.41) is 5.54. The van der Waals surface area contributed by atoms with Gasteiger partial charge < -0.3 is 15.5 Å². The molecule has 138 valence electrons. The summed E-state index contributed by atoms with van der Waals surface area (Å²) < 4.78 is 14.1. The fourth-order valence-electron chi connectivity index (χ4n) is 3.54. The Balaban J connectivity index is 1.60. The maximum Gasteiger partial charge on any atom is 0.256 e. The molecule has 2 aliphatic heterocycles. The van der Waals surface area contributed by atoms with Crippen LogP contribution in [0.25, 0.3) is 0 Å². The number of hydrogen-bond acceptors (Lipinski definition) is 3. The molecule has 2 aromatic carbocycles. The Hall–Kier alpha value is -2.74. The largest absolute Gasteiger partial charge is 0.347 e. The molecule has 0 radical (unpaired) electrons. The van der Waals surface area contributed by atoms with E-state index in [1.54, 1.807) is 18.2 Å². The first-order chi connectivity index (χ1) is 12.9. The third-order valence-electron chi connectivity index (χ3n) is 4.80. The minimum atomic E-state index is -0.818. The van der Waals surface area contributed by atoms with Crippen LogP contribution in [0.3, 0.4) is 0 Å². The van der Waals surface area contributed by atoms with Gasteiger partial charge >= 0.3 is 0 Å². The van der Waals surface area contributed by atoms with E-state index >= 15 is 0 Å². The van der Waals surface area contributed by atoms with Crippen LogP contribution in [-0.2, 0) is 4.79 Å². The van der Waals surface area contributed by atoms with Crippen LogP contribution >= 0.6 is 15.9 Å². The van der Waals surface area contributed by atoms with E-state index in [-0.39, 0.29) is 17.4 Å². The SMILES string of the molecule is O=C(N[C@@H]1CCN2C(=O)c3cc(Br)ccc3NC(=O)[C@H]12)c1cccc(F)c1. The summed E-state index contributed by atoms with van der Waals surface area (Å²) in [4.78, 5) is 39.6. The van der Waals surface area contributed by atoms with Crippen molar-refractivity contribution in [1.29, 1.82) is 0 Å². The summed E-state index contributed by atoms with van der Waals surface area (Å²) >= 11 is 3.34. The molecule has 2 aliphatic rings. The average Bonchev–Trinajstić information content (AvgIpc) is 3.02. The summed E-state index contributed by atoms with van der Waals surface area (Å²) in [6.07, 6.45) is 0.439. The summed E-state index contributed by atoms with van der Waals surface area (Å²) in [6, 6.07) is 9.03. The number of carbonyl (C=O) groups excluding carboxylic acids is 3. The molecule has 0 unspecified atom stereocenters. The van der Waals surface area contributed by atoms with Crippen molar-refractivity contribution in [1.82, 2.24) is 10.2 Å². The predicted molar refractivity (Wildman–Crippen MR) is 99.9 cm³/mol. The molecule has 6 nitrogen and oxygen atoms in total. The predicted octanol–water partition coefficient (Wildman–Crippen LogP) is 2.55. The molecule has 2 aromatic rings. The molecule has 3 amide bonds. The molecule has 27 heavy (non-hydrogen) atoms. The third kappa shape index (κ3) is 3.21. The highest BCUT2D eigenvalue weighted by Gasteiger charge is 2.45. The first-order valence-corrected chi connectivity index (χ1v) is 9.21. The number of fused-ring (bicyclic) bond motifs is 2. The molecule has 0 aromatic heterocycles. The summed E-state index contributed by atoms with van der Waals surface area (Å²) in [7, 11) is 0. The lowest BCUT2D eigenvalue weighted by molar-refractivity contribution is -0.120. The van der Waals surface area contributed by atoms with Gasteiger partial charge in [0.2, 0.25) is 5.91 Å². The lowest BCUT2D eigenvalue weighted by atomic mass is 10.1. The van der Waals surface area contributed by atoms with Crippen LogP contribution in [0.2, 0.25) is 0 Å². The second-order valence-corrected chi connectivity index (χ2v) is 7.42. The van der Waals surface area contributed by atoms with Gasteiger partial charge in [0, 0.05) is 16.6 Å². The Kier molecular flexibility index (Phi) is 4.43. The number of rotatable bonds is 2. The number of amides is 3. The molecule has 0 spiro atoms. The number of nitrogens with zero attached hydrogens (tertiary/aromatic N) is 1. The highest BCUT2D eigenvalue weighted by molar-refractivity contribution is 9.10. The van der Waals surface area contributed by atoms with Crippen LogP contribution in [0.1, 0.15) is 27.1 Å². The van der Waals surface area contributed by atoms with Gasteiger partial charge in [0.05, 0.1) is 17.3 Å². The number of anilines is 1. The molecule has 8 heteroatoms. The molecular weight excluding hydrogens is 417 g/mol. The number of hydrogen-bond donors (Lipinski definition) is 2. The fourth-order valence-corrected chi connectivity index (χ4v) is 3.90. The summed E-state index contributed by atoms with van der Waals surface area (Å²) in [5.41, 5.74) is 1.01. The second kappa shape index (κ2) is 6.77. The second-order valence-electron chi connectivity index (χ2n) is 6.50. The van der Waals surface area contributed by atoms with Crippen molar-refractivity contribution in [3.05, 3.63) is 63.9 Å². The van der Waals surface area contributed by atoms with Gasteiger partial charge in [0.15, 0.2) is 0 Å². The minimum Gasteiger partial charge on any atom is -0.347 e. The van der Waals surface area contributed by atoms with Crippen molar-refractivity contribution in [3.63, 3.8) is 0 Å². The maximum atomic E-state index is 13.4. The standard InChI is InChI=1S/C19H15BrFN3O3/c20-11-4-5-14-13(9-11)19(27)24-7-6-15(16(24)18(26)22-14)23-17(25)10-2-1-3-12(21)8-10/h1-5,8-9,15-16H,6-7H2,(H,22,26)(H,23,25)/t15-,16+/m1/s1. The minimum absolute atomic E-state index is 0.168. The number of benzene rings is 2. The van der Waals surface area contributed by atoms with Crippen molar-refractivity contribution < 1.29 is 18.8 Å². The van der Waals surface area contributed by atoms with Crippen molar-refractivity contribution >= 4 is 39.3 Å². The Morgan fingerprint density at radius 1 is 1.22 bits per heavy atom. The smallest absolute Gasteiger partial charge is 0.256 e. The summed E-state index contributed by atoms with van der Waals surface area (Å²) in [6.45, 7) is 0.344. The third-order valence-corrected chi connectivity index (χ3v) is 5.29. The topological polar surface area (TPSA) is 78.5 Å². The van der Waals surface area contributed by atoms with Crippen LogP contribution in [0.5, 0.6) is 0 Å². The van der Waals surface area contributed by atoms with Crippen molar-refractivity contribution in [2.24, 2.45) is 0 Å². The lowest BCUT2D eigenvalue weighted by Gasteiger charge is -2.25. The van der Waals surface area contributed by atoms with Gasteiger partial charge in [-0.25, -0.2) is 4.39 Å². The summed E-state index contributed by atoms with van der Waals surface area (Å²) in [5.74, 6) is -1.62. The average molecular weight is 432 g/mol. The Morgan fingerprint density at radius 2 is 2.04 bits per heavy atom. The van der Waals surface area contributed by atoms with E-state index in [0.29, 0.717) is 24.2 Å². The Bertz CT molecular complexity index is 965. The first kappa shape index (κ1) is 17.7. The molecule has 0 saturated carbocycles. The van der Waals surface area contributed by atoms with Gasteiger partial charge in [0.25, 0.3) is 11.8 Å². The molecular formula is C19H15BrFN3O3. The monoisotopic (exact) mass is 431 g/mol. The van der Waals surface area contributed by atoms with Gasteiger partial charge in [0.1, 0.15) is 11.9 Å².